The average molecular weight is 270 g/mol. The smallest absolute Gasteiger partial charge is 0.227 e. The van der Waals surface area contributed by atoms with Crippen molar-refractivity contribution >= 4 is 17.7 Å². The van der Waals surface area contributed by atoms with Crippen LogP contribution in [0.3, 0.4) is 0 Å². The molecule has 104 valence electrons. The number of nitrogens with zero attached hydrogens (tertiary/aromatic N) is 1. The van der Waals surface area contributed by atoms with Gasteiger partial charge in [0, 0.05) is 19.1 Å². The summed E-state index contributed by atoms with van der Waals surface area (Å²) in [7, 11) is 1.95. The van der Waals surface area contributed by atoms with Crippen molar-refractivity contribution in [3.05, 3.63) is 0 Å². The Morgan fingerprint density at radius 1 is 1.44 bits per heavy atom. The van der Waals surface area contributed by atoms with Gasteiger partial charge in [-0.25, -0.2) is 0 Å². The van der Waals surface area contributed by atoms with E-state index < -0.39 is 0 Å². The van der Waals surface area contributed by atoms with Gasteiger partial charge in [0.05, 0.1) is 5.92 Å². The number of fused-ring (bicyclic) bond motifs is 2. The summed E-state index contributed by atoms with van der Waals surface area (Å²) < 4.78 is 0. The molecule has 2 fully saturated rings. The van der Waals surface area contributed by atoms with Crippen molar-refractivity contribution in [1.29, 1.82) is 0 Å². The van der Waals surface area contributed by atoms with Gasteiger partial charge in [0.1, 0.15) is 0 Å². The molecule has 18 heavy (non-hydrogen) atoms. The Hall–Kier alpha value is -0.220. The van der Waals surface area contributed by atoms with Gasteiger partial charge in [-0.05, 0) is 56.5 Å². The Labute approximate surface area is 115 Å². The second-order valence-electron chi connectivity index (χ2n) is 6.02. The fraction of sp³-hybridized carbons (Fsp3) is 0.929. The fourth-order valence-corrected chi connectivity index (χ4v) is 4.21. The molecular formula is C14H26N2OS. The van der Waals surface area contributed by atoms with E-state index in [-0.39, 0.29) is 12.0 Å². The Balaban J connectivity index is 1.94. The van der Waals surface area contributed by atoms with Gasteiger partial charge >= 0.3 is 0 Å². The van der Waals surface area contributed by atoms with Crippen LogP contribution in [0.4, 0.5) is 0 Å². The minimum Gasteiger partial charge on any atom is -0.343 e. The van der Waals surface area contributed by atoms with Crippen LogP contribution >= 0.6 is 11.8 Å². The van der Waals surface area contributed by atoms with E-state index in [1.54, 1.807) is 0 Å². The average Bonchev–Trinajstić information content (AvgIpc) is 2.94. The summed E-state index contributed by atoms with van der Waals surface area (Å²) in [6.07, 6.45) is 6.81. The highest BCUT2D eigenvalue weighted by Crippen LogP contribution is 2.48. The molecule has 2 bridgehead atoms. The van der Waals surface area contributed by atoms with E-state index in [4.69, 9.17) is 5.73 Å². The molecular weight excluding hydrogens is 244 g/mol. The van der Waals surface area contributed by atoms with E-state index in [9.17, 15) is 4.79 Å². The molecule has 0 aromatic heterocycles. The molecule has 0 aliphatic heterocycles. The molecule has 0 aromatic rings. The maximum atomic E-state index is 12.6. The molecule has 2 aliphatic rings. The van der Waals surface area contributed by atoms with Crippen LogP contribution in [-0.2, 0) is 4.79 Å². The molecule has 3 nitrogen and oxygen atoms in total. The van der Waals surface area contributed by atoms with Gasteiger partial charge in [-0.1, -0.05) is 0 Å². The van der Waals surface area contributed by atoms with Crippen LogP contribution in [-0.4, -0.2) is 41.9 Å². The normalized spacial score (nSPS) is 35.8. The first kappa shape index (κ1) is 14.2. The highest BCUT2D eigenvalue weighted by atomic mass is 32.2. The zero-order chi connectivity index (χ0) is 13.3. The van der Waals surface area contributed by atoms with Crippen LogP contribution in [0.25, 0.3) is 0 Å². The lowest BCUT2D eigenvalue weighted by Crippen LogP contribution is -2.48. The van der Waals surface area contributed by atoms with Crippen LogP contribution in [0.15, 0.2) is 0 Å². The van der Waals surface area contributed by atoms with Crippen molar-refractivity contribution in [2.24, 2.45) is 23.5 Å². The summed E-state index contributed by atoms with van der Waals surface area (Å²) in [6.45, 7) is 2.15. The van der Waals surface area contributed by atoms with E-state index in [0.717, 1.165) is 12.2 Å². The minimum absolute atomic E-state index is 0.102. The third-order valence-electron chi connectivity index (χ3n) is 5.01. The van der Waals surface area contributed by atoms with E-state index >= 15 is 0 Å². The van der Waals surface area contributed by atoms with Crippen molar-refractivity contribution in [1.82, 2.24) is 4.90 Å². The Kier molecular flexibility index (Phi) is 4.59. The summed E-state index contributed by atoms with van der Waals surface area (Å²) >= 11 is 1.84. The van der Waals surface area contributed by atoms with Gasteiger partial charge in [-0.15, -0.1) is 0 Å². The molecule has 5 atom stereocenters. The molecule has 2 rings (SSSR count). The van der Waals surface area contributed by atoms with Gasteiger partial charge in [-0.2, -0.15) is 11.8 Å². The van der Waals surface area contributed by atoms with Gasteiger partial charge in [0.15, 0.2) is 0 Å². The summed E-state index contributed by atoms with van der Waals surface area (Å²) in [5.74, 6) is 2.68. The first-order valence-electron chi connectivity index (χ1n) is 7.07. The van der Waals surface area contributed by atoms with Crippen molar-refractivity contribution < 1.29 is 4.79 Å². The second kappa shape index (κ2) is 5.83. The maximum Gasteiger partial charge on any atom is 0.227 e. The molecule has 1 amide bonds. The van der Waals surface area contributed by atoms with Crippen LogP contribution in [0.1, 0.15) is 32.6 Å². The quantitative estimate of drug-likeness (QED) is 0.830. The zero-order valence-electron chi connectivity index (χ0n) is 11.8. The van der Waals surface area contributed by atoms with E-state index in [1.807, 2.05) is 23.7 Å². The van der Waals surface area contributed by atoms with Crippen molar-refractivity contribution in [3.63, 3.8) is 0 Å². The molecule has 5 unspecified atom stereocenters. The minimum atomic E-state index is 0.102. The monoisotopic (exact) mass is 270 g/mol. The van der Waals surface area contributed by atoms with E-state index in [2.05, 4.69) is 13.2 Å². The summed E-state index contributed by atoms with van der Waals surface area (Å²) in [4.78, 5) is 14.5. The Morgan fingerprint density at radius 3 is 2.67 bits per heavy atom. The SMILES string of the molecule is CSCCC(C)N(C)C(=O)C1C2CCC(C2)C1N. The predicted octanol–water partition coefficient (Wildman–Crippen LogP) is 1.96. The molecule has 2 saturated carbocycles. The van der Waals surface area contributed by atoms with Gasteiger partial charge in [0.2, 0.25) is 5.91 Å². The first-order valence-corrected chi connectivity index (χ1v) is 8.46. The zero-order valence-corrected chi connectivity index (χ0v) is 12.6. The topological polar surface area (TPSA) is 46.3 Å². The van der Waals surface area contributed by atoms with Gasteiger partial charge in [-0.3, -0.25) is 4.79 Å². The standard InChI is InChI=1S/C14H26N2OS/c1-9(6-7-18-3)16(2)14(17)12-10-4-5-11(8-10)13(12)15/h9-13H,4-8,15H2,1-3H3. The number of thioether (sulfide) groups is 1. The maximum absolute atomic E-state index is 12.6. The molecule has 0 radical (unpaired) electrons. The summed E-state index contributed by atoms with van der Waals surface area (Å²) in [5, 5.41) is 0. The molecule has 0 heterocycles. The van der Waals surface area contributed by atoms with Crippen molar-refractivity contribution in [2.45, 2.75) is 44.7 Å². The number of nitrogens with two attached hydrogens (primary N) is 1. The van der Waals surface area contributed by atoms with E-state index in [1.165, 1.54) is 19.3 Å². The van der Waals surface area contributed by atoms with Crippen LogP contribution < -0.4 is 5.73 Å². The molecule has 2 aliphatic carbocycles. The molecule has 2 N–H and O–H groups in total. The number of hydrogen-bond donors (Lipinski definition) is 1. The molecule has 0 aromatic carbocycles. The lowest BCUT2D eigenvalue weighted by atomic mass is 9.84. The van der Waals surface area contributed by atoms with Crippen LogP contribution in [0, 0.1) is 17.8 Å². The highest BCUT2D eigenvalue weighted by molar-refractivity contribution is 7.98. The third-order valence-corrected chi connectivity index (χ3v) is 5.66. The number of rotatable bonds is 5. The summed E-state index contributed by atoms with van der Waals surface area (Å²) in [6, 6.07) is 0.447. The Morgan fingerprint density at radius 2 is 2.11 bits per heavy atom. The fourth-order valence-electron chi connectivity index (χ4n) is 3.64. The predicted molar refractivity (Wildman–Crippen MR) is 77.5 cm³/mol. The number of carbonyl (C=O) groups excluding carboxylic acids is 1. The second-order valence-corrected chi connectivity index (χ2v) is 7.00. The van der Waals surface area contributed by atoms with Gasteiger partial charge in [0.25, 0.3) is 0 Å². The Bertz CT molecular complexity index is 308. The first-order chi connectivity index (χ1) is 8.56. The molecule has 0 saturated heterocycles. The lowest BCUT2D eigenvalue weighted by molar-refractivity contribution is -0.138. The third kappa shape index (κ3) is 2.55. The van der Waals surface area contributed by atoms with Crippen molar-refractivity contribution in [3.8, 4) is 0 Å². The molecule has 4 heteroatoms. The van der Waals surface area contributed by atoms with E-state index in [0.29, 0.717) is 23.8 Å². The van der Waals surface area contributed by atoms with Crippen LogP contribution in [0.5, 0.6) is 0 Å². The summed E-state index contributed by atoms with van der Waals surface area (Å²) in [5.41, 5.74) is 6.25. The highest BCUT2D eigenvalue weighted by Gasteiger charge is 2.50. The number of hydrogen-bond acceptors (Lipinski definition) is 3. The largest absolute Gasteiger partial charge is 0.343 e. The van der Waals surface area contributed by atoms with Crippen LogP contribution in [0.2, 0.25) is 0 Å². The number of carbonyl (C=O) groups is 1. The lowest BCUT2D eigenvalue weighted by Gasteiger charge is -2.33. The van der Waals surface area contributed by atoms with Crippen molar-refractivity contribution in [2.75, 3.05) is 19.1 Å². The van der Waals surface area contributed by atoms with Gasteiger partial charge < -0.3 is 10.6 Å². The number of amides is 1. The molecule has 0 spiro atoms.